The summed E-state index contributed by atoms with van der Waals surface area (Å²) in [5, 5.41) is 0. The van der Waals surface area contributed by atoms with Gasteiger partial charge in [-0.3, -0.25) is 0 Å². The van der Waals surface area contributed by atoms with Gasteiger partial charge in [-0.25, -0.2) is 0 Å². The zero-order valence-corrected chi connectivity index (χ0v) is 19.0. The van der Waals surface area contributed by atoms with Crippen LogP contribution in [0, 0.1) is 17.8 Å². The summed E-state index contributed by atoms with van der Waals surface area (Å²) < 4.78 is 21.2. The lowest BCUT2D eigenvalue weighted by Crippen LogP contribution is -2.24. The molecule has 5 aliphatic rings. The molecule has 0 bridgehead atoms. The van der Waals surface area contributed by atoms with Crippen LogP contribution in [0.4, 0.5) is 0 Å². The maximum atomic E-state index is 5.65. The zero-order valence-electron chi connectivity index (χ0n) is 19.0. The van der Waals surface area contributed by atoms with E-state index in [-0.39, 0.29) is 0 Å². The van der Waals surface area contributed by atoms with Gasteiger partial charge in [0.1, 0.15) is 6.10 Å². The van der Waals surface area contributed by atoms with Gasteiger partial charge in [-0.15, -0.1) is 0 Å². The van der Waals surface area contributed by atoms with E-state index in [1.54, 1.807) is 0 Å². The van der Waals surface area contributed by atoms with Gasteiger partial charge >= 0.3 is 0 Å². The molecule has 4 heteroatoms. The first-order valence-corrected chi connectivity index (χ1v) is 12.0. The van der Waals surface area contributed by atoms with Crippen molar-refractivity contribution in [3.63, 3.8) is 0 Å². The molecule has 3 heterocycles. The third kappa shape index (κ3) is 6.97. The van der Waals surface area contributed by atoms with Crippen molar-refractivity contribution in [3.05, 3.63) is 0 Å². The van der Waals surface area contributed by atoms with Crippen LogP contribution >= 0.6 is 0 Å². The molecular formula is C24H44O4. The van der Waals surface area contributed by atoms with Crippen molar-refractivity contribution in [2.75, 3.05) is 19.8 Å². The van der Waals surface area contributed by atoms with Gasteiger partial charge < -0.3 is 18.9 Å². The number of hydrogen-bond donors (Lipinski definition) is 0. The Hall–Kier alpha value is -0.160. The van der Waals surface area contributed by atoms with E-state index in [2.05, 4.69) is 34.6 Å². The van der Waals surface area contributed by atoms with Crippen molar-refractivity contribution >= 4 is 0 Å². The van der Waals surface area contributed by atoms with Gasteiger partial charge in [-0.2, -0.15) is 0 Å². The Morgan fingerprint density at radius 2 is 1.86 bits per heavy atom. The second-order valence-corrected chi connectivity index (χ2v) is 10.0. The minimum atomic E-state index is 0.311. The van der Waals surface area contributed by atoms with Crippen LogP contribution in [0.3, 0.4) is 0 Å². The number of rotatable bonds is 6. The standard InChI is InChI=1S/C10H18O.C8H14O.C6H12O2/c1-7(2)8-4-5-10(3)9(6-8)11-10;1-2-6-3-4-7-8(5-6)9-7;1-2-3-7-4-6-5-8-6/h7-9H,4-6H2,1-3H3;6-8H,2-5H2,1H3;6H,2-5H2,1H3. The van der Waals surface area contributed by atoms with Crippen LogP contribution in [0.5, 0.6) is 0 Å². The second-order valence-electron chi connectivity index (χ2n) is 10.0. The molecule has 4 nitrogen and oxygen atoms in total. The largest absolute Gasteiger partial charge is 0.379 e. The predicted octanol–water partition coefficient (Wildman–Crippen LogP) is 5.38. The highest BCUT2D eigenvalue weighted by Gasteiger charge is 2.55. The van der Waals surface area contributed by atoms with Gasteiger partial charge in [0, 0.05) is 6.61 Å². The van der Waals surface area contributed by atoms with E-state index in [1.165, 1.54) is 44.9 Å². The molecule has 7 unspecified atom stereocenters. The molecule has 0 N–H and O–H groups in total. The van der Waals surface area contributed by atoms with E-state index in [4.69, 9.17) is 18.9 Å². The van der Waals surface area contributed by atoms with E-state index in [0.29, 0.717) is 30.0 Å². The third-order valence-electron chi connectivity index (χ3n) is 7.25. The highest BCUT2D eigenvalue weighted by atomic mass is 16.6. The molecule has 28 heavy (non-hydrogen) atoms. The van der Waals surface area contributed by atoms with Crippen LogP contribution in [0.2, 0.25) is 0 Å². The lowest BCUT2D eigenvalue weighted by molar-refractivity contribution is 0.117. The van der Waals surface area contributed by atoms with E-state index < -0.39 is 0 Å². The summed E-state index contributed by atoms with van der Waals surface area (Å²) in [7, 11) is 0. The molecule has 0 amide bonds. The minimum Gasteiger partial charge on any atom is -0.379 e. The van der Waals surface area contributed by atoms with Crippen molar-refractivity contribution in [1.29, 1.82) is 0 Å². The maximum Gasteiger partial charge on any atom is 0.104 e. The summed E-state index contributed by atoms with van der Waals surface area (Å²) in [6.45, 7) is 13.9. The van der Waals surface area contributed by atoms with Crippen LogP contribution in [-0.2, 0) is 18.9 Å². The average Bonchev–Trinajstić information content (AvgIpc) is 3.56. The highest BCUT2D eigenvalue weighted by Crippen LogP contribution is 2.50. The second kappa shape index (κ2) is 10.2. The first-order chi connectivity index (χ1) is 13.4. The Labute approximate surface area is 173 Å². The fourth-order valence-electron chi connectivity index (χ4n) is 4.66. The molecule has 2 aliphatic carbocycles. The van der Waals surface area contributed by atoms with Crippen molar-refractivity contribution in [2.24, 2.45) is 17.8 Å². The summed E-state index contributed by atoms with van der Waals surface area (Å²) in [4.78, 5) is 0. The first kappa shape index (κ1) is 22.5. The summed E-state index contributed by atoms with van der Waals surface area (Å²) in [6, 6.07) is 0. The fraction of sp³-hybridized carbons (Fsp3) is 1.00. The Bertz CT molecular complexity index is 464. The van der Waals surface area contributed by atoms with Crippen LogP contribution in [0.1, 0.15) is 86.0 Å². The van der Waals surface area contributed by atoms with Crippen LogP contribution in [0.15, 0.2) is 0 Å². The topological polar surface area (TPSA) is 46.8 Å². The number of epoxide rings is 3. The fourth-order valence-corrected chi connectivity index (χ4v) is 4.66. The van der Waals surface area contributed by atoms with Gasteiger partial charge in [0.15, 0.2) is 0 Å². The smallest absolute Gasteiger partial charge is 0.104 e. The van der Waals surface area contributed by atoms with Gasteiger partial charge in [0.05, 0.1) is 37.1 Å². The molecule has 3 saturated heterocycles. The quantitative estimate of drug-likeness (QED) is 0.447. The summed E-state index contributed by atoms with van der Waals surface area (Å²) in [6.07, 6.45) is 13.0. The Kier molecular flexibility index (Phi) is 8.23. The number of hydrogen-bond acceptors (Lipinski definition) is 4. The van der Waals surface area contributed by atoms with Crippen LogP contribution in [-0.4, -0.2) is 49.8 Å². The van der Waals surface area contributed by atoms with Crippen molar-refractivity contribution in [1.82, 2.24) is 0 Å². The highest BCUT2D eigenvalue weighted by molar-refractivity contribution is 5.03. The first-order valence-electron chi connectivity index (χ1n) is 12.0. The Morgan fingerprint density at radius 3 is 2.43 bits per heavy atom. The van der Waals surface area contributed by atoms with Crippen LogP contribution < -0.4 is 0 Å². The van der Waals surface area contributed by atoms with Gasteiger partial charge in [0.2, 0.25) is 0 Å². The van der Waals surface area contributed by atoms with Gasteiger partial charge in [-0.1, -0.05) is 34.1 Å². The zero-order chi connectivity index (χ0) is 20.1. The molecular weight excluding hydrogens is 352 g/mol. The van der Waals surface area contributed by atoms with E-state index in [1.807, 2.05) is 0 Å². The molecule has 164 valence electrons. The summed E-state index contributed by atoms with van der Waals surface area (Å²) in [5.41, 5.74) is 0.311. The lowest BCUT2D eigenvalue weighted by Gasteiger charge is -2.25. The predicted molar refractivity (Wildman–Crippen MR) is 113 cm³/mol. The number of ether oxygens (including phenoxy) is 4. The molecule has 0 aromatic rings. The molecule has 2 saturated carbocycles. The molecule has 7 atom stereocenters. The van der Waals surface area contributed by atoms with Crippen molar-refractivity contribution in [3.8, 4) is 0 Å². The molecule has 0 aromatic heterocycles. The maximum absolute atomic E-state index is 5.65. The molecule has 5 fully saturated rings. The van der Waals surface area contributed by atoms with E-state index in [9.17, 15) is 0 Å². The summed E-state index contributed by atoms with van der Waals surface area (Å²) in [5.74, 6) is 2.76. The van der Waals surface area contributed by atoms with Crippen LogP contribution in [0.25, 0.3) is 0 Å². The van der Waals surface area contributed by atoms with Crippen molar-refractivity contribution in [2.45, 2.75) is 116 Å². The Balaban J connectivity index is 0.000000122. The molecule has 0 aromatic carbocycles. The Morgan fingerprint density at radius 1 is 1.07 bits per heavy atom. The summed E-state index contributed by atoms with van der Waals surface area (Å²) >= 11 is 0. The normalized spacial score (nSPS) is 42.2. The third-order valence-corrected chi connectivity index (χ3v) is 7.25. The van der Waals surface area contributed by atoms with E-state index in [0.717, 1.165) is 44.0 Å². The molecule has 0 spiro atoms. The molecule has 3 aliphatic heterocycles. The lowest BCUT2D eigenvalue weighted by atomic mass is 9.78. The van der Waals surface area contributed by atoms with Gasteiger partial charge in [-0.05, 0) is 69.6 Å². The monoisotopic (exact) mass is 396 g/mol. The number of fused-ring (bicyclic) bond motifs is 2. The van der Waals surface area contributed by atoms with Crippen molar-refractivity contribution < 1.29 is 18.9 Å². The minimum absolute atomic E-state index is 0.311. The van der Waals surface area contributed by atoms with Gasteiger partial charge in [0.25, 0.3) is 0 Å². The average molecular weight is 397 g/mol. The SMILES string of the molecule is CC(C)C1CCC2(C)OC2C1.CCC1CCC2OC2C1.CCCOCC1CO1. The molecule has 0 radical (unpaired) electrons. The van der Waals surface area contributed by atoms with E-state index >= 15 is 0 Å². The molecule has 5 rings (SSSR count).